The lowest BCUT2D eigenvalue weighted by atomic mass is 10.1. The van der Waals surface area contributed by atoms with Gasteiger partial charge < -0.3 is 4.90 Å². The summed E-state index contributed by atoms with van der Waals surface area (Å²) in [5, 5.41) is 0. The molecule has 1 heterocycles. The lowest BCUT2D eigenvalue weighted by molar-refractivity contribution is -0.127. The van der Waals surface area contributed by atoms with E-state index < -0.39 is 0 Å². The van der Waals surface area contributed by atoms with Gasteiger partial charge in [-0.15, -0.1) is 0 Å². The zero-order valence-corrected chi connectivity index (χ0v) is 6.95. The molecule has 1 atom stereocenters. The van der Waals surface area contributed by atoms with E-state index in [1.165, 1.54) is 0 Å². The van der Waals surface area contributed by atoms with E-state index in [9.17, 15) is 4.79 Å². The Morgan fingerprint density at radius 1 is 1.55 bits per heavy atom. The van der Waals surface area contributed by atoms with Crippen LogP contribution in [0.1, 0.15) is 20.3 Å². The summed E-state index contributed by atoms with van der Waals surface area (Å²) in [6.07, 6.45) is 8.71. The van der Waals surface area contributed by atoms with Crippen molar-refractivity contribution in [1.82, 2.24) is 4.90 Å². The third kappa shape index (κ3) is 1.70. The largest absolute Gasteiger partial charge is 0.312 e. The Morgan fingerprint density at radius 2 is 2.27 bits per heavy atom. The Kier molecular flexibility index (Phi) is 2.47. The summed E-state index contributed by atoms with van der Waals surface area (Å²) in [6, 6.07) is 0.262. The number of hydrogen-bond acceptors (Lipinski definition) is 1. The highest BCUT2D eigenvalue weighted by molar-refractivity contribution is 5.75. The zero-order chi connectivity index (χ0) is 8.27. The first-order valence-corrected chi connectivity index (χ1v) is 3.89. The fourth-order valence-electron chi connectivity index (χ4n) is 1.21. The van der Waals surface area contributed by atoms with E-state index >= 15 is 0 Å². The number of carbonyl (C=O) groups excluding carboxylic acids is 1. The van der Waals surface area contributed by atoms with Crippen molar-refractivity contribution < 1.29 is 4.79 Å². The smallest absolute Gasteiger partial charge is 0.223 e. The second kappa shape index (κ2) is 3.37. The van der Waals surface area contributed by atoms with Crippen LogP contribution in [0.15, 0.2) is 24.4 Å². The predicted octanol–water partition coefficient (Wildman–Crippen LogP) is 1.70. The van der Waals surface area contributed by atoms with E-state index in [1.54, 1.807) is 11.8 Å². The zero-order valence-electron chi connectivity index (χ0n) is 6.95. The van der Waals surface area contributed by atoms with Gasteiger partial charge in [0, 0.05) is 13.1 Å². The summed E-state index contributed by atoms with van der Waals surface area (Å²) in [6.45, 7) is 3.66. The Labute approximate surface area is 67.2 Å². The minimum Gasteiger partial charge on any atom is -0.312 e. The quantitative estimate of drug-likeness (QED) is 0.558. The average molecular weight is 151 g/mol. The molecule has 11 heavy (non-hydrogen) atoms. The van der Waals surface area contributed by atoms with E-state index in [-0.39, 0.29) is 11.9 Å². The molecule has 0 saturated heterocycles. The van der Waals surface area contributed by atoms with Gasteiger partial charge in [-0.2, -0.15) is 0 Å². The van der Waals surface area contributed by atoms with Gasteiger partial charge in [0.25, 0.3) is 0 Å². The van der Waals surface area contributed by atoms with E-state index in [4.69, 9.17) is 0 Å². The van der Waals surface area contributed by atoms with Gasteiger partial charge in [0.15, 0.2) is 0 Å². The summed E-state index contributed by atoms with van der Waals surface area (Å²) >= 11 is 0. The number of amides is 1. The Morgan fingerprint density at radius 3 is 2.73 bits per heavy atom. The van der Waals surface area contributed by atoms with Gasteiger partial charge in [-0.1, -0.05) is 19.1 Å². The van der Waals surface area contributed by atoms with Gasteiger partial charge in [0.05, 0.1) is 6.04 Å². The van der Waals surface area contributed by atoms with Crippen molar-refractivity contribution in [2.45, 2.75) is 26.3 Å². The SMILES string of the molecule is CC[C@H]1C=CC=CN1C(C)=O. The van der Waals surface area contributed by atoms with Crippen molar-refractivity contribution in [1.29, 1.82) is 0 Å². The van der Waals surface area contributed by atoms with Gasteiger partial charge in [-0.25, -0.2) is 0 Å². The summed E-state index contributed by atoms with van der Waals surface area (Å²) in [4.78, 5) is 12.8. The van der Waals surface area contributed by atoms with Gasteiger partial charge >= 0.3 is 0 Å². The van der Waals surface area contributed by atoms with E-state index in [1.807, 2.05) is 24.4 Å². The minimum atomic E-state index is 0.109. The Bertz CT molecular complexity index is 206. The fraction of sp³-hybridized carbons (Fsp3) is 0.444. The molecule has 0 aliphatic carbocycles. The van der Waals surface area contributed by atoms with Crippen molar-refractivity contribution in [3.05, 3.63) is 24.4 Å². The molecule has 0 N–H and O–H groups in total. The molecule has 0 unspecified atom stereocenters. The fourth-order valence-corrected chi connectivity index (χ4v) is 1.21. The van der Waals surface area contributed by atoms with Crippen LogP contribution in [0.4, 0.5) is 0 Å². The summed E-state index contributed by atoms with van der Waals surface area (Å²) < 4.78 is 0. The molecule has 0 spiro atoms. The third-order valence-electron chi connectivity index (χ3n) is 1.83. The minimum absolute atomic E-state index is 0.109. The first kappa shape index (κ1) is 8.05. The highest BCUT2D eigenvalue weighted by atomic mass is 16.2. The molecular weight excluding hydrogens is 138 g/mol. The third-order valence-corrected chi connectivity index (χ3v) is 1.83. The van der Waals surface area contributed by atoms with E-state index in [2.05, 4.69) is 6.92 Å². The molecular formula is C9H13NO. The first-order chi connectivity index (χ1) is 5.25. The average Bonchev–Trinajstić information content (AvgIpc) is 2.04. The van der Waals surface area contributed by atoms with Gasteiger partial charge in [-0.3, -0.25) is 4.79 Å². The first-order valence-electron chi connectivity index (χ1n) is 3.89. The van der Waals surface area contributed by atoms with Crippen LogP contribution in [0.5, 0.6) is 0 Å². The van der Waals surface area contributed by atoms with E-state index in [0.29, 0.717) is 0 Å². The van der Waals surface area contributed by atoms with Crippen LogP contribution in [-0.4, -0.2) is 16.8 Å². The predicted molar refractivity (Wildman–Crippen MR) is 44.9 cm³/mol. The highest BCUT2D eigenvalue weighted by Gasteiger charge is 2.15. The summed E-state index contributed by atoms with van der Waals surface area (Å²) in [7, 11) is 0. The van der Waals surface area contributed by atoms with Crippen LogP contribution in [0.3, 0.4) is 0 Å². The van der Waals surface area contributed by atoms with Gasteiger partial charge in [-0.05, 0) is 12.5 Å². The van der Waals surface area contributed by atoms with Crippen molar-refractivity contribution in [3.63, 3.8) is 0 Å². The number of carbonyl (C=O) groups is 1. The molecule has 0 radical (unpaired) electrons. The Balaban J connectivity index is 2.70. The van der Waals surface area contributed by atoms with Crippen LogP contribution in [-0.2, 0) is 4.79 Å². The van der Waals surface area contributed by atoms with Gasteiger partial charge in [0.2, 0.25) is 5.91 Å². The van der Waals surface area contributed by atoms with Crippen LogP contribution < -0.4 is 0 Å². The highest BCUT2D eigenvalue weighted by Crippen LogP contribution is 2.11. The maximum absolute atomic E-state index is 11.0. The summed E-state index contributed by atoms with van der Waals surface area (Å²) in [5.74, 6) is 0.109. The molecule has 2 nitrogen and oxygen atoms in total. The maximum Gasteiger partial charge on any atom is 0.223 e. The standard InChI is InChI=1S/C9H13NO/c1-3-9-6-4-5-7-10(9)8(2)11/h4-7,9H,3H2,1-2H3/t9-/m0/s1. The van der Waals surface area contributed by atoms with Crippen LogP contribution >= 0.6 is 0 Å². The van der Waals surface area contributed by atoms with Crippen molar-refractivity contribution in [2.75, 3.05) is 0 Å². The second-order valence-electron chi connectivity index (χ2n) is 2.63. The molecule has 0 aromatic heterocycles. The Hall–Kier alpha value is -1.05. The topological polar surface area (TPSA) is 20.3 Å². The van der Waals surface area contributed by atoms with Crippen LogP contribution in [0, 0.1) is 0 Å². The normalized spacial score (nSPS) is 22.4. The van der Waals surface area contributed by atoms with Crippen molar-refractivity contribution in [3.8, 4) is 0 Å². The molecule has 1 aliphatic rings. The molecule has 60 valence electrons. The van der Waals surface area contributed by atoms with Crippen molar-refractivity contribution >= 4 is 5.91 Å². The monoisotopic (exact) mass is 151 g/mol. The second-order valence-corrected chi connectivity index (χ2v) is 2.63. The molecule has 0 bridgehead atoms. The van der Waals surface area contributed by atoms with Crippen LogP contribution in [0.25, 0.3) is 0 Å². The number of nitrogens with zero attached hydrogens (tertiary/aromatic N) is 1. The van der Waals surface area contributed by atoms with Gasteiger partial charge in [0.1, 0.15) is 0 Å². The molecule has 0 aromatic rings. The van der Waals surface area contributed by atoms with Crippen LogP contribution in [0.2, 0.25) is 0 Å². The van der Waals surface area contributed by atoms with E-state index in [0.717, 1.165) is 6.42 Å². The molecule has 1 aliphatic heterocycles. The number of hydrogen-bond donors (Lipinski definition) is 0. The molecule has 0 saturated carbocycles. The van der Waals surface area contributed by atoms with Crippen molar-refractivity contribution in [2.24, 2.45) is 0 Å². The lowest BCUT2D eigenvalue weighted by Gasteiger charge is -2.26. The molecule has 1 amide bonds. The molecule has 0 fully saturated rings. The molecule has 2 heteroatoms. The molecule has 0 aromatic carbocycles. The summed E-state index contributed by atoms with van der Waals surface area (Å²) in [5.41, 5.74) is 0. The molecule has 1 rings (SSSR count). The lowest BCUT2D eigenvalue weighted by Crippen LogP contribution is -2.33. The number of rotatable bonds is 1. The maximum atomic E-state index is 11.0. The number of allylic oxidation sites excluding steroid dienone is 2.